The van der Waals surface area contributed by atoms with Gasteiger partial charge in [0.15, 0.2) is 0 Å². The summed E-state index contributed by atoms with van der Waals surface area (Å²) in [4.78, 5) is 15.9. The van der Waals surface area contributed by atoms with Crippen molar-refractivity contribution in [3.8, 4) is 17.2 Å². The molecule has 1 aliphatic heterocycles. The summed E-state index contributed by atoms with van der Waals surface area (Å²) in [5.74, 6) is 3.64. The van der Waals surface area contributed by atoms with Crippen LogP contribution < -0.4 is 9.64 Å². The number of nitrogens with zero attached hydrogens (tertiary/aromatic N) is 1. The number of benzene rings is 3. The maximum absolute atomic E-state index is 13.4. The van der Waals surface area contributed by atoms with Crippen LogP contribution in [0.15, 0.2) is 60.7 Å². The van der Waals surface area contributed by atoms with Gasteiger partial charge in [0, 0.05) is 35.7 Å². The lowest BCUT2D eigenvalue weighted by Gasteiger charge is -2.33. The van der Waals surface area contributed by atoms with E-state index in [9.17, 15) is 15.0 Å². The first-order valence-electron chi connectivity index (χ1n) is 19.6. The summed E-state index contributed by atoms with van der Waals surface area (Å²) in [5.41, 5.74) is 3.56. The third kappa shape index (κ3) is 12.1. The number of aromatic hydroxyl groups is 2. The van der Waals surface area contributed by atoms with E-state index >= 15 is 0 Å². The van der Waals surface area contributed by atoms with Crippen molar-refractivity contribution in [1.82, 2.24) is 0 Å². The van der Waals surface area contributed by atoms with E-state index in [4.69, 9.17) is 9.47 Å². The number of hydrogen-bond donors (Lipinski definition) is 2. The third-order valence-corrected chi connectivity index (χ3v) is 11.4. The molecule has 6 nitrogen and oxygen atoms in total. The molecular formula is C45H65NO5S. The predicted octanol–water partition coefficient (Wildman–Crippen LogP) is 11.1. The monoisotopic (exact) mass is 731 g/mol. The van der Waals surface area contributed by atoms with Crippen molar-refractivity contribution < 1.29 is 24.5 Å². The lowest BCUT2D eigenvalue weighted by Crippen LogP contribution is -2.32. The molecule has 0 saturated carbocycles. The third-order valence-electron chi connectivity index (χ3n) is 10.4. The fourth-order valence-electron chi connectivity index (χ4n) is 7.06. The average molecular weight is 732 g/mol. The fourth-order valence-corrected chi connectivity index (χ4v) is 7.97. The van der Waals surface area contributed by atoms with Crippen LogP contribution in [-0.2, 0) is 25.8 Å². The number of rotatable bonds is 18. The topological polar surface area (TPSA) is 79.2 Å². The molecule has 2 N–H and O–H groups in total. The molecule has 1 aliphatic rings. The molecule has 7 heteroatoms. The molecule has 3 aromatic rings. The molecule has 1 heterocycles. The second kappa shape index (κ2) is 19.1. The van der Waals surface area contributed by atoms with Crippen molar-refractivity contribution in [3.63, 3.8) is 0 Å². The van der Waals surface area contributed by atoms with Gasteiger partial charge >= 0.3 is 5.97 Å². The smallest absolute Gasteiger partial charge is 0.307 e. The zero-order chi connectivity index (χ0) is 37.8. The molecule has 0 unspecified atom stereocenters. The van der Waals surface area contributed by atoms with Crippen molar-refractivity contribution in [3.05, 3.63) is 82.9 Å². The zero-order valence-corrected chi connectivity index (χ0v) is 33.9. The van der Waals surface area contributed by atoms with E-state index in [1.54, 1.807) is 12.1 Å². The largest absolute Gasteiger partial charge is 0.508 e. The van der Waals surface area contributed by atoms with Crippen LogP contribution in [0.1, 0.15) is 135 Å². The molecule has 0 radical (unpaired) electrons. The molecule has 1 saturated heterocycles. The van der Waals surface area contributed by atoms with Crippen molar-refractivity contribution >= 4 is 23.4 Å². The average Bonchev–Trinajstić information content (AvgIpc) is 3.10. The first kappa shape index (κ1) is 41.4. The van der Waals surface area contributed by atoms with Gasteiger partial charge in [0.2, 0.25) is 0 Å². The SMILES string of the molecule is CC(C)(C)c1cc(C(C)(CC(=O)OCCCCCCCCCCCOc2ccc(N3CCSCC3)cc2)c2ccc(O)c(C(C)(C)C)c2)ccc1O. The van der Waals surface area contributed by atoms with Crippen LogP contribution in [-0.4, -0.2) is 54.0 Å². The predicted molar refractivity (Wildman–Crippen MR) is 219 cm³/mol. The normalized spacial score (nSPS) is 14.0. The molecule has 0 atom stereocenters. The van der Waals surface area contributed by atoms with Gasteiger partial charge in [-0.3, -0.25) is 4.79 Å². The Morgan fingerprint density at radius 2 is 1.12 bits per heavy atom. The Morgan fingerprint density at radius 3 is 1.60 bits per heavy atom. The first-order chi connectivity index (χ1) is 24.7. The Labute approximate surface area is 318 Å². The van der Waals surface area contributed by atoms with Gasteiger partial charge in [0.05, 0.1) is 19.6 Å². The first-order valence-corrected chi connectivity index (χ1v) is 20.7. The highest BCUT2D eigenvalue weighted by atomic mass is 32.2. The summed E-state index contributed by atoms with van der Waals surface area (Å²) in [5, 5.41) is 21.4. The number of carbonyl (C=O) groups excluding carboxylic acids is 1. The van der Waals surface area contributed by atoms with E-state index in [0.29, 0.717) is 6.61 Å². The van der Waals surface area contributed by atoms with Crippen molar-refractivity contribution in [1.29, 1.82) is 0 Å². The van der Waals surface area contributed by atoms with E-state index in [0.717, 1.165) is 73.4 Å². The number of esters is 1. The van der Waals surface area contributed by atoms with Crippen LogP contribution in [0.2, 0.25) is 0 Å². The Balaban J connectivity index is 1.16. The summed E-state index contributed by atoms with van der Waals surface area (Å²) < 4.78 is 11.8. The molecule has 286 valence electrons. The molecule has 0 aromatic heterocycles. The number of unbranched alkanes of at least 4 members (excludes halogenated alkanes) is 8. The molecule has 0 aliphatic carbocycles. The van der Waals surface area contributed by atoms with Crippen molar-refractivity contribution in [2.75, 3.05) is 42.7 Å². The minimum atomic E-state index is -0.720. The summed E-state index contributed by atoms with van der Waals surface area (Å²) in [6.45, 7) is 17.9. The van der Waals surface area contributed by atoms with E-state index < -0.39 is 5.41 Å². The van der Waals surface area contributed by atoms with Gasteiger partial charge in [0.25, 0.3) is 0 Å². The van der Waals surface area contributed by atoms with Gasteiger partial charge in [-0.1, -0.05) is 118 Å². The Morgan fingerprint density at radius 1 is 0.654 bits per heavy atom. The van der Waals surface area contributed by atoms with Crippen LogP contribution in [0.25, 0.3) is 0 Å². The number of anilines is 1. The summed E-state index contributed by atoms with van der Waals surface area (Å²) in [6.07, 6.45) is 10.4. The van der Waals surface area contributed by atoms with Gasteiger partial charge in [-0.15, -0.1) is 0 Å². The van der Waals surface area contributed by atoms with Crippen molar-refractivity contribution in [2.45, 2.75) is 129 Å². The number of hydrogen-bond acceptors (Lipinski definition) is 7. The second-order valence-corrected chi connectivity index (χ2v) is 18.0. The highest BCUT2D eigenvalue weighted by Gasteiger charge is 2.35. The lowest BCUT2D eigenvalue weighted by atomic mass is 9.70. The number of phenolic OH excluding ortho intramolecular Hbond substituents is 2. The van der Waals surface area contributed by atoms with E-state index in [1.165, 1.54) is 49.3 Å². The zero-order valence-electron chi connectivity index (χ0n) is 33.1. The van der Waals surface area contributed by atoms with Crippen LogP contribution in [0.4, 0.5) is 5.69 Å². The summed E-state index contributed by atoms with van der Waals surface area (Å²) >= 11 is 2.03. The van der Waals surface area contributed by atoms with E-state index in [1.807, 2.05) is 36.0 Å². The minimum Gasteiger partial charge on any atom is -0.508 e. The number of carbonyl (C=O) groups is 1. The van der Waals surface area contributed by atoms with E-state index in [-0.39, 0.29) is 34.7 Å². The highest BCUT2D eigenvalue weighted by molar-refractivity contribution is 7.99. The Bertz CT molecular complexity index is 1490. The summed E-state index contributed by atoms with van der Waals surface area (Å²) in [6, 6.07) is 19.9. The Kier molecular flexibility index (Phi) is 15.3. The molecule has 3 aromatic carbocycles. The van der Waals surface area contributed by atoms with Crippen molar-refractivity contribution in [2.24, 2.45) is 0 Å². The Hall–Kier alpha value is -3.32. The van der Waals surface area contributed by atoms with Crippen LogP contribution in [0, 0.1) is 0 Å². The van der Waals surface area contributed by atoms with Gasteiger partial charge in [-0.2, -0.15) is 11.8 Å². The number of ether oxygens (including phenoxy) is 2. The number of phenols is 2. The van der Waals surface area contributed by atoms with Gasteiger partial charge in [0.1, 0.15) is 17.2 Å². The van der Waals surface area contributed by atoms with Crippen LogP contribution >= 0.6 is 11.8 Å². The minimum absolute atomic E-state index is 0.158. The molecule has 0 spiro atoms. The molecule has 1 fully saturated rings. The highest BCUT2D eigenvalue weighted by Crippen LogP contribution is 2.43. The van der Waals surface area contributed by atoms with Gasteiger partial charge in [-0.25, -0.2) is 0 Å². The maximum atomic E-state index is 13.4. The van der Waals surface area contributed by atoms with Crippen LogP contribution in [0.3, 0.4) is 0 Å². The molecular weight excluding hydrogens is 667 g/mol. The maximum Gasteiger partial charge on any atom is 0.307 e. The quantitative estimate of drug-likeness (QED) is 0.0996. The fraction of sp³-hybridized carbons (Fsp3) is 0.578. The molecule has 0 amide bonds. The van der Waals surface area contributed by atoms with Gasteiger partial charge < -0.3 is 24.6 Å². The lowest BCUT2D eigenvalue weighted by molar-refractivity contribution is -0.144. The number of thioether (sulfide) groups is 1. The summed E-state index contributed by atoms with van der Waals surface area (Å²) in [7, 11) is 0. The molecule has 4 rings (SSSR count). The van der Waals surface area contributed by atoms with E-state index in [2.05, 4.69) is 77.6 Å². The standard InChI is InChI=1S/C45H65NO5S/c1-43(2,3)38-31-34(17-23-40(38)47)45(7,35-18-24-41(48)39(32-35)44(4,5)6)33-42(49)51-28-16-14-12-10-8-9-11-13-15-27-50-37-21-19-36(20-22-37)46-25-29-52-30-26-46/h17-24,31-32,47-48H,8-16,25-30,33H2,1-7H3. The van der Waals surface area contributed by atoms with Crippen LogP contribution in [0.5, 0.6) is 17.2 Å². The second-order valence-electron chi connectivity index (χ2n) is 16.8. The molecule has 0 bridgehead atoms. The van der Waals surface area contributed by atoms with Gasteiger partial charge in [-0.05, 0) is 82.3 Å². The molecule has 52 heavy (non-hydrogen) atoms.